The number of nitrogens with zero attached hydrogens (tertiary/aromatic N) is 4. The number of H-pyrrole nitrogens is 1. The van der Waals surface area contributed by atoms with Gasteiger partial charge < -0.3 is 20.4 Å². The van der Waals surface area contributed by atoms with Crippen LogP contribution in [0.5, 0.6) is 0 Å². The van der Waals surface area contributed by atoms with Gasteiger partial charge in [0.05, 0.1) is 5.52 Å². The van der Waals surface area contributed by atoms with E-state index in [1.165, 1.54) is 6.33 Å². The molecule has 0 spiro atoms. The van der Waals surface area contributed by atoms with Gasteiger partial charge in [-0.05, 0) is 55.3 Å². The van der Waals surface area contributed by atoms with Crippen LogP contribution in [0.25, 0.3) is 21.8 Å². The van der Waals surface area contributed by atoms with Gasteiger partial charge >= 0.3 is 0 Å². The molecule has 176 valence electrons. The van der Waals surface area contributed by atoms with Crippen LogP contribution >= 0.6 is 11.6 Å². The number of piperazine rings is 1. The normalized spacial score (nSPS) is 19.4. The van der Waals surface area contributed by atoms with E-state index in [1.54, 1.807) is 7.11 Å². The number of benzene rings is 2. The highest BCUT2D eigenvalue weighted by Crippen LogP contribution is 2.31. The van der Waals surface area contributed by atoms with Crippen molar-refractivity contribution in [3.8, 4) is 0 Å². The summed E-state index contributed by atoms with van der Waals surface area (Å²) in [6, 6.07) is 11.6. The minimum Gasteiger partial charge on any atom is -0.383 e. The molecule has 1 atom stereocenters. The predicted molar refractivity (Wildman–Crippen MR) is 133 cm³/mol. The van der Waals surface area contributed by atoms with Gasteiger partial charge in [0.15, 0.2) is 5.72 Å². The van der Waals surface area contributed by atoms with Crippen molar-refractivity contribution >= 4 is 45.1 Å². The van der Waals surface area contributed by atoms with Crippen molar-refractivity contribution in [1.29, 1.82) is 0 Å². The number of amides is 1. The quantitative estimate of drug-likeness (QED) is 0.451. The molecule has 0 unspecified atom stereocenters. The number of nitrogens with two attached hydrogens (primary N) is 1. The Morgan fingerprint density at radius 1 is 1.15 bits per heavy atom. The molecule has 1 saturated heterocycles. The summed E-state index contributed by atoms with van der Waals surface area (Å²) in [5.41, 5.74) is 9.81. The Morgan fingerprint density at radius 3 is 2.76 bits per heavy atom. The van der Waals surface area contributed by atoms with E-state index in [1.807, 2.05) is 48.2 Å². The van der Waals surface area contributed by atoms with E-state index in [0.29, 0.717) is 37.0 Å². The van der Waals surface area contributed by atoms with Gasteiger partial charge in [0.25, 0.3) is 5.91 Å². The van der Waals surface area contributed by atoms with Gasteiger partial charge in [-0.25, -0.2) is 9.97 Å². The van der Waals surface area contributed by atoms with Gasteiger partial charge in [-0.1, -0.05) is 17.7 Å². The smallest absolute Gasteiger partial charge is 0.270 e. The molecular formula is C25H27ClN6O2. The first-order valence-corrected chi connectivity index (χ1v) is 11.5. The zero-order chi connectivity index (χ0) is 24.0. The van der Waals surface area contributed by atoms with E-state index in [4.69, 9.17) is 22.1 Å². The Bertz CT molecular complexity index is 1400. The van der Waals surface area contributed by atoms with E-state index in [-0.39, 0.29) is 5.91 Å². The average molecular weight is 479 g/mol. The summed E-state index contributed by atoms with van der Waals surface area (Å²) in [5.74, 6) is 0.378. The molecular weight excluding hydrogens is 452 g/mol. The standard InChI is InChI=1S/C25H27ClN6O2/c1-15-19-11-17(26)5-7-20(19)30-22(15)13-32-9-8-31(24(33)25(32,2)34-3)12-16-4-6-18-21(10-16)28-14-29-23(18)27/h4-7,10-11,14,30H,8-9,12-13H2,1-3H3,(H2,27,28,29)/t25-/m0/s1. The number of carbonyl (C=O) groups is 1. The second-order valence-corrected chi connectivity index (χ2v) is 9.30. The molecule has 0 radical (unpaired) electrons. The fraction of sp³-hybridized carbons (Fsp3) is 0.320. The van der Waals surface area contributed by atoms with E-state index in [9.17, 15) is 4.79 Å². The van der Waals surface area contributed by atoms with Crippen molar-refractivity contribution in [2.45, 2.75) is 32.7 Å². The number of fused-ring (bicyclic) bond motifs is 2. The number of nitrogen functional groups attached to an aromatic ring is 1. The molecule has 9 heteroatoms. The Labute approximate surface area is 202 Å². The lowest BCUT2D eigenvalue weighted by Gasteiger charge is -2.46. The Hall–Kier alpha value is -3.20. The highest BCUT2D eigenvalue weighted by Gasteiger charge is 2.46. The molecule has 1 aliphatic rings. The van der Waals surface area contributed by atoms with E-state index in [2.05, 4.69) is 26.8 Å². The number of halogens is 1. The number of anilines is 1. The Balaban J connectivity index is 1.38. The summed E-state index contributed by atoms with van der Waals surface area (Å²) in [6.07, 6.45) is 1.45. The highest BCUT2D eigenvalue weighted by molar-refractivity contribution is 6.31. The summed E-state index contributed by atoms with van der Waals surface area (Å²) in [5, 5.41) is 2.60. The fourth-order valence-electron chi connectivity index (χ4n) is 4.73. The maximum atomic E-state index is 13.6. The van der Waals surface area contributed by atoms with Crippen molar-refractivity contribution in [2.24, 2.45) is 0 Å². The van der Waals surface area contributed by atoms with Crippen molar-refractivity contribution in [3.63, 3.8) is 0 Å². The van der Waals surface area contributed by atoms with Gasteiger partial charge in [0.2, 0.25) is 0 Å². The summed E-state index contributed by atoms with van der Waals surface area (Å²) in [4.78, 5) is 29.3. The molecule has 2 aromatic carbocycles. The molecule has 34 heavy (non-hydrogen) atoms. The van der Waals surface area contributed by atoms with Gasteiger partial charge in [0.1, 0.15) is 12.1 Å². The lowest BCUT2D eigenvalue weighted by Crippen LogP contribution is -2.64. The first-order valence-electron chi connectivity index (χ1n) is 11.2. The molecule has 8 nitrogen and oxygen atoms in total. The minimum absolute atomic E-state index is 0.0691. The van der Waals surface area contributed by atoms with E-state index < -0.39 is 5.72 Å². The van der Waals surface area contributed by atoms with Gasteiger partial charge in [-0.3, -0.25) is 9.69 Å². The van der Waals surface area contributed by atoms with Crippen LogP contribution in [-0.4, -0.2) is 56.6 Å². The number of hydrogen-bond acceptors (Lipinski definition) is 6. The van der Waals surface area contributed by atoms with Crippen molar-refractivity contribution in [1.82, 2.24) is 24.8 Å². The Morgan fingerprint density at radius 2 is 1.97 bits per heavy atom. The summed E-state index contributed by atoms with van der Waals surface area (Å²) in [7, 11) is 1.59. The van der Waals surface area contributed by atoms with Crippen LogP contribution in [0.3, 0.4) is 0 Å². The minimum atomic E-state index is -1.08. The van der Waals surface area contributed by atoms with Gasteiger partial charge in [-0.2, -0.15) is 0 Å². The van der Waals surface area contributed by atoms with Gasteiger partial charge in [-0.15, -0.1) is 0 Å². The summed E-state index contributed by atoms with van der Waals surface area (Å²) in [6.45, 7) is 6.21. The van der Waals surface area contributed by atoms with E-state index in [0.717, 1.165) is 38.6 Å². The summed E-state index contributed by atoms with van der Waals surface area (Å²) < 4.78 is 5.83. The van der Waals surface area contributed by atoms with Crippen LogP contribution in [0.15, 0.2) is 42.7 Å². The predicted octanol–water partition coefficient (Wildman–Crippen LogP) is 3.86. The van der Waals surface area contributed by atoms with Crippen LogP contribution in [0.2, 0.25) is 5.02 Å². The maximum Gasteiger partial charge on any atom is 0.270 e. The molecule has 1 amide bonds. The SMILES string of the molecule is CO[C@@]1(C)C(=O)N(Cc2ccc3c(N)ncnc3c2)CCN1Cc1[nH]c2ccc(Cl)cc2c1C. The van der Waals surface area contributed by atoms with Crippen LogP contribution in [-0.2, 0) is 22.6 Å². The third-order valence-electron chi connectivity index (χ3n) is 6.90. The third kappa shape index (κ3) is 3.77. The van der Waals surface area contributed by atoms with Gasteiger partial charge in [0, 0.05) is 60.3 Å². The Kier molecular flexibility index (Phi) is 5.67. The highest BCUT2D eigenvalue weighted by atomic mass is 35.5. The fourth-order valence-corrected chi connectivity index (χ4v) is 4.90. The molecule has 5 rings (SSSR count). The lowest BCUT2D eigenvalue weighted by atomic mass is 10.0. The number of aromatic amines is 1. The molecule has 2 aromatic heterocycles. The zero-order valence-electron chi connectivity index (χ0n) is 19.4. The molecule has 1 fully saturated rings. The van der Waals surface area contributed by atoms with Crippen molar-refractivity contribution in [3.05, 3.63) is 64.6 Å². The number of aromatic nitrogens is 3. The van der Waals surface area contributed by atoms with Crippen LogP contribution in [0.4, 0.5) is 5.82 Å². The summed E-state index contributed by atoms with van der Waals surface area (Å²) >= 11 is 6.19. The second kappa shape index (κ2) is 8.54. The number of nitrogens with one attached hydrogen (secondary N) is 1. The largest absolute Gasteiger partial charge is 0.383 e. The van der Waals surface area contributed by atoms with Crippen LogP contribution in [0, 0.1) is 6.92 Å². The number of aryl methyl sites for hydroxylation is 1. The molecule has 0 saturated carbocycles. The second-order valence-electron chi connectivity index (χ2n) is 8.86. The first-order chi connectivity index (χ1) is 16.3. The third-order valence-corrected chi connectivity index (χ3v) is 7.14. The number of ether oxygens (including phenoxy) is 1. The molecule has 3 heterocycles. The lowest BCUT2D eigenvalue weighted by molar-refractivity contribution is -0.192. The number of hydrogen-bond donors (Lipinski definition) is 2. The topological polar surface area (TPSA) is 100 Å². The monoisotopic (exact) mass is 478 g/mol. The first kappa shape index (κ1) is 22.6. The molecule has 4 aromatic rings. The van der Waals surface area contributed by atoms with Crippen molar-refractivity contribution < 1.29 is 9.53 Å². The number of carbonyl (C=O) groups excluding carboxylic acids is 1. The molecule has 1 aliphatic heterocycles. The van der Waals surface area contributed by atoms with E-state index >= 15 is 0 Å². The zero-order valence-corrected chi connectivity index (χ0v) is 20.2. The van der Waals surface area contributed by atoms with Crippen LogP contribution < -0.4 is 5.73 Å². The number of methoxy groups -OCH3 is 1. The molecule has 0 aliphatic carbocycles. The van der Waals surface area contributed by atoms with Crippen LogP contribution in [0.1, 0.15) is 23.7 Å². The molecule has 0 bridgehead atoms. The molecule has 3 N–H and O–H groups in total. The number of rotatable bonds is 5. The maximum absolute atomic E-state index is 13.6. The average Bonchev–Trinajstić information content (AvgIpc) is 3.13. The van der Waals surface area contributed by atoms with Crippen molar-refractivity contribution in [2.75, 3.05) is 25.9 Å².